The molecule has 0 unspecified atom stereocenters. The van der Waals surface area contributed by atoms with Crippen LogP contribution in [0.2, 0.25) is 0 Å². The molecule has 0 atom stereocenters. The van der Waals surface area contributed by atoms with Crippen LogP contribution >= 0.6 is 12.2 Å². The third-order valence-corrected chi connectivity index (χ3v) is 5.26. The number of carbonyl (C=O) groups is 1. The number of benzene rings is 3. The van der Waals surface area contributed by atoms with E-state index in [0.717, 1.165) is 44.8 Å². The molecule has 0 aliphatic heterocycles. The average molecular weight is 458 g/mol. The predicted octanol–water partition coefficient (Wildman–Crippen LogP) is 5.65. The molecule has 0 spiro atoms. The van der Waals surface area contributed by atoms with Gasteiger partial charge in [-0.05, 0) is 85.2 Å². The van der Waals surface area contributed by atoms with Crippen LogP contribution in [0.25, 0.3) is 28.6 Å². The largest absolute Gasteiger partial charge is 0.497 e. The predicted molar refractivity (Wildman–Crippen MR) is 135 cm³/mol. The van der Waals surface area contributed by atoms with E-state index in [-0.39, 0.29) is 11.0 Å². The Labute approximate surface area is 197 Å². The maximum Gasteiger partial charge on any atom is 0.250 e. The highest BCUT2D eigenvalue weighted by Gasteiger charge is 2.11. The average Bonchev–Trinajstić information content (AvgIpc) is 3.22. The van der Waals surface area contributed by atoms with Crippen LogP contribution in [0.4, 0.5) is 5.69 Å². The van der Waals surface area contributed by atoms with Gasteiger partial charge < -0.3 is 14.5 Å². The molecule has 0 aliphatic carbocycles. The summed E-state index contributed by atoms with van der Waals surface area (Å²) in [5, 5.41) is 5.95. The lowest BCUT2D eigenvalue weighted by atomic mass is 10.1. The molecule has 4 rings (SSSR count). The van der Waals surface area contributed by atoms with Gasteiger partial charge in [0.1, 0.15) is 11.3 Å². The Morgan fingerprint density at radius 1 is 1.06 bits per heavy atom. The van der Waals surface area contributed by atoms with Gasteiger partial charge in [0.05, 0.1) is 7.11 Å². The number of fused-ring (bicyclic) bond motifs is 1. The Balaban J connectivity index is 1.43. The first-order valence-electron chi connectivity index (χ1n) is 10.3. The number of ether oxygens (including phenoxy) is 1. The molecule has 166 valence electrons. The van der Waals surface area contributed by atoms with Crippen LogP contribution in [0.5, 0.6) is 5.75 Å². The van der Waals surface area contributed by atoms with Crippen molar-refractivity contribution >= 4 is 46.1 Å². The van der Waals surface area contributed by atoms with Gasteiger partial charge in [0.15, 0.2) is 10.7 Å². The summed E-state index contributed by atoms with van der Waals surface area (Å²) in [4.78, 5) is 16.9. The van der Waals surface area contributed by atoms with E-state index in [1.54, 1.807) is 13.2 Å². The Bertz CT molecular complexity index is 1360. The number of anilines is 1. The Hall–Kier alpha value is -3.97. The monoisotopic (exact) mass is 457 g/mol. The number of amides is 1. The Morgan fingerprint density at radius 2 is 1.85 bits per heavy atom. The van der Waals surface area contributed by atoms with Gasteiger partial charge in [0, 0.05) is 17.3 Å². The normalized spacial score (nSPS) is 11.0. The first-order valence-corrected chi connectivity index (χ1v) is 10.7. The molecule has 4 aromatic rings. The minimum atomic E-state index is -0.327. The summed E-state index contributed by atoms with van der Waals surface area (Å²) in [6.07, 6.45) is 3.14. The molecule has 1 heterocycles. The second-order valence-electron chi connectivity index (χ2n) is 7.57. The molecule has 0 radical (unpaired) electrons. The van der Waals surface area contributed by atoms with Crippen LogP contribution in [0, 0.1) is 13.8 Å². The van der Waals surface area contributed by atoms with Gasteiger partial charge in [-0.25, -0.2) is 4.98 Å². The van der Waals surface area contributed by atoms with Crippen molar-refractivity contribution in [2.24, 2.45) is 0 Å². The lowest BCUT2D eigenvalue weighted by Crippen LogP contribution is -2.33. The molecule has 2 N–H and O–H groups in total. The van der Waals surface area contributed by atoms with Crippen molar-refractivity contribution < 1.29 is 13.9 Å². The van der Waals surface area contributed by atoms with Crippen LogP contribution in [0.3, 0.4) is 0 Å². The van der Waals surface area contributed by atoms with Gasteiger partial charge in [-0.2, -0.15) is 0 Å². The van der Waals surface area contributed by atoms with Crippen LogP contribution in [0.1, 0.15) is 16.7 Å². The Kier molecular flexibility index (Phi) is 6.51. The number of hydrogen-bond donors (Lipinski definition) is 2. The number of nitrogens with zero attached hydrogens (tertiary/aromatic N) is 1. The number of rotatable bonds is 5. The highest BCUT2D eigenvalue weighted by molar-refractivity contribution is 7.80. The number of thiocarbonyl (C=S) groups is 1. The van der Waals surface area contributed by atoms with Gasteiger partial charge in [-0.1, -0.05) is 24.3 Å². The van der Waals surface area contributed by atoms with Gasteiger partial charge >= 0.3 is 0 Å². The summed E-state index contributed by atoms with van der Waals surface area (Å²) in [7, 11) is 1.61. The van der Waals surface area contributed by atoms with E-state index >= 15 is 0 Å². The number of oxazole rings is 1. The molecule has 0 saturated carbocycles. The zero-order chi connectivity index (χ0) is 23.4. The topological polar surface area (TPSA) is 76.4 Å². The van der Waals surface area contributed by atoms with Crippen molar-refractivity contribution in [3.8, 4) is 17.2 Å². The van der Waals surface area contributed by atoms with Crippen LogP contribution < -0.4 is 15.4 Å². The summed E-state index contributed by atoms with van der Waals surface area (Å²) >= 11 is 5.33. The molecule has 1 amide bonds. The highest BCUT2D eigenvalue weighted by Crippen LogP contribution is 2.28. The molecular formula is C26H23N3O3S. The first-order chi connectivity index (χ1) is 15.9. The molecule has 0 saturated heterocycles. The Morgan fingerprint density at radius 3 is 2.61 bits per heavy atom. The van der Waals surface area contributed by atoms with Gasteiger partial charge in [-0.15, -0.1) is 0 Å². The zero-order valence-electron chi connectivity index (χ0n) is 18.5. The van der Waals surface area contributed by atoms with Crippen molar-refractivity contribution in [3.63, 3.8) is 0 Å². The van der Waals surface area contributed by atoms with Gasteiger partial charge in [-0.3, -0.25) is 10.1 Å². The number of hydrogen-bond acceptors (Lipinski definition) is 5. The fourth-order valence-electron chi connectivity index (χ4n) is 3.24. The third-order valence-electron chi connectivity index (χ3n) is 5.06. The number of aromatic nitrogens is 1. The fraction of sp³-hybridized carbons (Fsp3) is 0.115. The highest BCUT2D eigenvalue weighted by atomic mass is 32.1. The van der Waals surface area contributed by atoms with E-state index in [2.05, 4.69) is 15.6 Å². The van der Waals surface area contributed by atoms with Crippen molar-refractivity contribution in [3.05, 3.63) is 83.4 Å². The van der Waals surface area contributed by atoms with Crippen LogP contribution in [0.15, 0.2) is 71.2 Å². The lowest BCUT2D eigenvalue weighted by molar-refractivity contribution is -0.115. The van der Waals surface area contributed by atoms with Gasteiger partial charge in [0.25, 0.3) is 0 Å². The van der Waals surface area contributed by atoms with E-state index in [1.807, 2.05) is 74.5 Å². The molecule has 6 nitrogen and oxygen atoms in total. The van der Waals surface area contributed by atoms with E-state index < -0.39 is 0 Å². The number of carbonyl (C=O) groups excluding carboxylic acids is 1. The van der Waals surface area contributed by atoms with Crippen molar-refractivity contribution in [1.29, 1.82) is 0 Å². The molecule has 7 heteroatoms. The summed E-state index contributed by atoms with van der Waals surface area (Å²) in [5.41, 5.74) is 6.08. The SMILES string of the molecule is COc1ccc(/C=C/C(=O)NC(=S)Nc2cc(-c3nc4cc(C)ccc4o3)ccc2C)cc1. The summed E-state index contributed by atoms with van der Waals surface area (Å²) in [6, 6.07) is 19.1. The number of aryl methyl sites for hydroxylation is 2. The van der Waals surface area contributed by atoms with Crippen molar-refractivity contribution in [1.82, 2.24) is 10.3 Å². The maximum atomic E-state index is 12.3. The molecule has 33 heavy (non-hydrogen) atoms. The van der Waals surface area contributed by atoms with E-state index in [4.69, 9.17) is 21.4 Å². The second kappa shape index (κ2) is 9.67. The minimum absolute atomic E-state index is 0.202. The lowest BCUT2D eigenvalue weighted by Gasteiger charge is -2.11. The van der Waals surface area contributed by atoms with E-state index in [9.17, 15) is 4.79 Å². The summed E-state index contributed by atoms with van der Waals surface area (Å²) < 4.78 is 11.0. The van der Waals surface area contributed by atoms with Crippen LogP contribution in [-0.4, -0.2) is 23.1 Å². The number of nitrogens with one attached hydrogen (secondary N) is 2. The quantitative estimate of drug-likeness (QED) is 0.298. The molecule has 0 aliphatic rings. The fourth-order valence-corrected chi connectivity index (χ4v) is 3.46. The van der Waals surface area contributed by atoms with Crippen LogP contribution in [-0.2, 0) is 4.79 Å². The molecule has 0 bridgehead atoms. The zero-order valence-corrected chi connectivity index (χ0v) is 19.3. The van der Waals surface area contributed by atoms with Crippen molar-refractivity contribution in [2.45, 2.75) is 13.8 Å². The molecule has 1 aromatic heterocycles. The summed E-state index contributed by atoms with van der Waals surface area (Å²) in [6.45, 7) is 3.97. The second-order valence-corrected chi connectivity index (χ2v) is 7.98. The molecule has 0 fully saturated rings. The van der Waals surface area contributed by atoms with E-state index in [0.29, 0.717) is 5.89 Å². The standard InChI is InChI=1S/C26H23N3O3S/c1-16-4-12-23-22(14-16)27-25(32-23)19-9-5-17(2)21(15-19)28-26(33)29-24(30)13-8-18-6-10-20(31-3)11-7-18/h4-15H,1-3H3,(H2,28,29,30,33)/b13-8+. The first kappa shape index (κ1) is 22.2. The van der Waals surface area contributed by atoms with Crippen molar-refractivity contribution in [2.75, 3.05) is 12.4 Å². The maximum absolute atomic E-state index is 12.3. The van der Waals surface area contributed by atoms with Gasteiger partial charge in [0.2, 0.25) is 11.8 Å². The molecular weight excluding hydrogens is 434 g/mol. The smallest absolute Gasteiger partial charge is 0.250 e. The number of methoxy groups -OCH3 is 1. The van der Waals surface area contributed by atoms with E-state index in [1.165, 1.54) is 6.08 Å². The third kappa shape index (κ3) is 5.45. The summed E-state index contributed by atoms with van der Waals surface area (Å²) in [5.74, 6) is 0.954. The minimum Gasteiger partial charge on any atom is -0.497 e. The molecule has 3 aromatic carbocycles.